The molecule has 1 amide bonds. The maximum absolute atomic E-state index is 12.6. The van der Waals surface area contributed by atoms with Gasteiger partial charge in [-0.05, 0) is 25.0 Å². The van der Waals surface area contributed by atoms with Crippen molar-refractivity contribution >= 4 is 17.6 Å². The van der Waals surface area contributed by atoms with Gasteiger partial charge in [-0.1, -0.05) is 31.0 Å². The van der Waals surface area contributed by atoms with Crippen molar-refractivity contribution in [3.8, 4) is 0 Å². The van der Waals surface area contributed by atoms with Gasteiger partial charge in [0.2, 0.25) is 5.91 Å². The van der Waals surface area contributed by atoms with E-state index >= 15 is 0 Å². The van der Waals surface area contributed by atoms with Crippen molar-refractivity contribution in [2.75, 3.05) is 11.4 Å². The minimum Gasteiger partial charge on any atom is -0.480 e. The van der Waals surface area contributed by atoms with Crippen LogP contribution >= 0.6 is 0 Å². The molecular weight excluding hydrogens is 256 g/mol. The molecule has 108 valence electrons. The van der Waals surface area contributed by atoms with Gasteiger partial charge in [0.1, 0.15) is 6.54 Å². The molecule has 1 aliphatic rings. The second-order valence-electron chi connectivity index (χ2n) is 5.21. The summed E-state index contributed by atoms with van der Waals surface area (Å²) in [4.78, 5) is 25.0. The molecule has 0 aliphatic heterocycles. The number of aliphatic carboxylic acids is 1. The van der Waals surface area contributed by atoms with Crippen LogP contribution < -0.4 is 10.6 Å². The Balaban J connectivity index is 2.22. The Bertz CT molecular complexity index is 475. The first-order chi connectivity index (χ1) is 9.59. The van der Waals surface area contributed by atoms with E-state index in [9.17, 15) is 9.59 Å². The molecule has 1 aliphatic carbocycles. The number of hydrogen-bond donors (Lipinski definition) is 2. The number of carbonyl (C=O) groups is 2. The zero-order valence-electron chi connectivity index (χ0n) is 11.4. The Morgan fingerprint density at radius 1 is 1.20 bits per heavy atom. The zero-order valence-corrected chi connectivity index (χ0v) is 11.4. The molecule has 1 fully saturated rings. The topological polar surface area (TPSA) is 83.6 Å². The lowest BCUT2D eigenvalue weighted by Gasteiger charge is -2.32. The summed E-state index contributed by atoms with van der Waals surface area (Å²) in [6.45, 7) is -0.327. The van der Waals surface area contributed by atoms with E-state index < -0.39 is 5.97 Å². The largest absolute Gasteiger partial charge is 0.480 e. The van der Waals surface area contributed by atoms with Gasteiger partial charge in [0.25, 0.3) is 0 Å². The quantitative estimate of drug-likeness (QED) is 0.875. The lowest BCUT2D eigenvalue weighted by molar-refractivity contribution is -0.137. The van der Waals surface area contributed by atoms with Crippen molar-refractivity contribution in [3.63, 3.8) is 0 Å². The SMILES string of the molecule is NC1CCCCC1C(=O)N(CC(=O)O)c1ccccc1. The highest BCUT2D eigenvalue weighted by atomic mass is 16.4. The molecule has 3 N–H and O–H groups in total. The van der Waals surface area contributed by atoms with E-state index in [1.54, 1.807) is 24.3 Å². The summed E-state index contributed by atoms with van der Waals surface area (Å²) in [6.07, 6.45) is 3.57. The molecule has 1 saturated carbocycles. The second-order valence-corrected chi connectivity index (χ2v) is 5.21. The molecule has 0 spiro atoms. The zero-order chi connectivity index (χ0) is 14.5. The number of nitrogens with zero attached hydrogens (tertiary/aromatic N) is 1. The van der Waals surface area contributed by atoms with Crippen molar-refractivity contribution in [3.05, 3.63) is 30.3 Å². The Morgan fingerprint density at radius 2 is 1.85 bits per heavy atom. The maximum atomic E-state index is 12.6. The van der Waals surface area contributed by atoms with Crippen LogP contribution in [0.4, 0.5) is 5.69 Å². The van der Waals surface area contributed by atoms with Crippen molar-refractivity contribution in [2.24, 2.45) is 11.7 Å². The van der Waals surface area contributed by atoms with E-state index in [0.29, 0.717) is 5.69 Å². The minimum atomic E-state index is -1.02. The molecule has 0 heterocycles. The summed E-state index contributed by atoms with van der Waals surface area (Å²) in [5.74, 6) is -1.47. The van der Waals surface area contributed by atoms with Crippen LogP contribution in [-0.2, 0) is 9.59 Å². The summed E-state index contributed by atoms with van der Waals surface area (Å²) in [6, 6.07) is 8.73. The van der Waals surface area contributed by atoms with Crippen LogP contribution in [0.15, 0.2) is 30.3 Å². The Hall–Kier alpha value is -1.88. The highest BCUT2D eigenvalue weighted by Crippen LogP contribution is 2.27. The molecule has 2 rings (SSSR count). The number of rotatable bonds is 4. The Kier molecular flexibility index (Phi) is 4.74. The molecular formula is C15H20N2O3. The number of hydrogen-bond acceptors (Lipinski definition) is 3. The number of carboxylic acids is 1. The van der Waals surface area contributed by atoms with Crippen molar-refractivity contribution in [1.82, 2.24) is 0 Å². The highest BCUT2D eigenvalue weighted by Gasteiger charge is 2.32. The van der Waals surface area contributed by atoms with Crippen LogP contribution in [0, 0.1) is 5.92 Å². The van der Waals surface area contributed by atoms with Gasteiger partial charge in [-0.3, -0.25) is 9.59 Å². The van der Waals surface area contributed by atoms with Gasteiger partial charge < -0.3 is 15.7 Å². The number of amides is 1. The lowest BCUT2D eigenvalue weighted by Crippen LogP contribution is -2.47. The van der Waals surface area contributed by atoms with Crippen LogP contribution in [0.1, 0.15) is 25.7 Å². The fourth-order valence-electron chi connectivity index (χ4n) is 2.71. The number of carbonyl (C=O) groups excluding carboxylic acids is 1. The second kappa shape index (κ2) is 6.52. The summed E-state index contributed by atoms with van der Waals surface area (Å²) in [5.41, 5.74) is 6.64. The van der Waals surface area contributed by atoms with Crippen molar-refractivity contribution in [1.29, 1.82) is 0 Å². The van der Waals surface area contributed by atoms with E-state index in [0.717, 1.165) is 25.7 Å². The summed E-state index contributed by atoms with van der Waals surface area (Å²) in [5, 5.41) is 9.03. The van der Waals surface area contributed by atoms with Crippen molar-refractivity contribution in [2.45, 2.75) is 31.7 Å². The van der Waals surface area contributed by atoms with Crippen LogP contribution in [-0.4, -0.2) is 29.6 Å². The highest BCUT2D eigenvalue weighted by molar-refractivity contribution is 5.99. The van der Waals surface area contributed by atoms with Crippen LogP contribution in [0.5, 0.6) is 0 Å². The molecule has 5 nitrogen and oxygen atoms in total. The monoisotopic (exact) mass is 276 g/mol. The van der Waals surface area contributed by atoms with Gasteiger partial charge in [0, 0.05) is 11.7 Å². The number of benzene rings is 1. The fraction of sp³-hybridized carbons (Fsp3) is 0.467. The first-order valence-electron chi connectivity index (χ1n) is 6.93. The first kappa shape index (κ1) is 14.5. The van der Waals surface area contributed by atoms with E-state index in [2.05, 4.69) is 0 Å². The third-order valence-corrected chi connectivity index (χ3v) is 3.76. The first-order valence-corrected chi connectivity index (χ1v) is 6.93. The predicted octanol–water partition coefficient (Wildman–Crippen LogP) is 1.62. The van der Waals surface area contributed by atoms with Crippen LogP contribution in [0.2, 0.25) is 0 Å². The van der Waals surface area contributed by atoms with E-state index in [-0.39, 0.29) is 24.4 Å². The smallest absolute Gasteiger partial charge is 0.323 e. The minimum absolute atomic E-state index is 0.170. The van der Waals surface area contributed by atoms with Gasteiger partial charge in [-0.2, -0.15) is 0 Å². The molecule has 1 aromatic rings. The number of anilines is 1. The third kappa shape index (κ3) is 3.36. The maximum Gasteiger partial charge on any atom is 0.323 e. The average Bonchev–Trinajstić information content (AvgIpc) is 2.45. The standard InChI is InChI=1S/C15H20N2O3/c16-13-9-5-4-8-12(13)15(20)17(10-14(18)19)11-6-2-1-3-7-11/h1-3,6-7,12-13H,4-5,8-10,16H2,(H,18,19). The number of para-hydroxylation sites is 1. The molecule has 2 unspecified atom stereocenters. The molecule has 1 aromatic carbocycles. The summed E-state index contributed by atoms with van der Waals surface area (Å²) in [7, 11) is 0. The normalized spacial score (nSPS) is 22.2. The van der Waals surface area contributed by atoms with E-state index in [1.807, 2.05) is 6.07 Å². The fourth-order valence-corrected chi connectivity index (χ4v) is 2.71. The van der Waals surface area contributed by atoms with E-state index in [1.165, 1.54) is 4.90 Å². The van der Waals surface area contributed by atoms with Crippen molar-refractivity contribution < 1.29 is 14.7 Å². The molecule has 0 aromatic heterocycles. The number of nitrogens with two attached hydrogens (primary N) is 1. The molecule has 0 saturated heterocycles. The Morgan fingerprint density at radius 3 is 2.45 bits per heavy atom. The lowest BCUT2D eigenvalue weighted by atomic mass is 9.84. The van der Waals surface area contributed by atoms with Gasteiger partial charge in [0.15, 0.2) is 0 Å². The molecule has 0 bridgehead atoms. The Labute approximate surface area is 118 Å². The predicted molar refractivity (Wildman–Crippen MR) is 76.4 cm³/mol. The average molecular weight is 276 g/mol. The van der Waals surface area contributed by atoms with Gasteiger partial charge in [0.05, 0.1) is 5.92 Å². The van der Waals surface area contributed by atoms with Gasteiger partial charge in [-0.25, -0.2) is 0 Å². The summed E-state index contributed by atoms with van der Waals surface area (Å²) < 4.78 is 0. The van der Waals surface area contributed by atoms with Crippen LogP contribution in [0.3, 0.4) is 0 Å². The molecule has 0 radical (unpaired) electrons. The van der Waals surface area contributed by atoms with E-state index in [4.69, 9.17) is 10.8 Å². The third-order valence-electron chi connectivity index (χ3n) is 3.76. The van der Waals surface area contributed by atoms with Gasteiger partial charge in [-0.15, -0.1) is 0 Å². The molecule has 2 atom stereocenters. The number of carboxylic acid groups (broad SMARTS) is 1. The van der Waals surface area contributed by atoms with Crippen LogP contribution in [0.25, 0.3) is 0 Å². The molecule has 5 heteroatoms. The molecule has 20 heavy (non-hydrogen) atoms. The summed E-state index contributed by atoms with van der Waals surface area (Å²) >= 11 is 0. The van der Waals surface area contributed by atoms with Gasteiger partial charge >= 0.3 is 5.97 Å².